The predicted molar refractivity (Wildman–Crippen MR) is 132 cm³/mol. The Balaban J connectivity index is 1.41. The fraction of sp³-hybridized carbons (Fsp3) is 0.250. The average molecular weight is 461 g/mol. The maximum Gasteiger partial charge on any atom is 0.263 e. The fourth-order valence-electron chi connectivity index (χ4n) is 4.25. The lowest BCUT2D eigenvalue weighted by Crippen LogP contribution is -2.23. The molecular formula is C24H24N6O2S. The molecule has 5 rings (SSSR count). The summed E-state index contributed by atoms with van der Waals surface area (Å²) < 4.78 is 3.37. The number of benzene rings is 2. The summed E-state index contributed by atoms with van der Waals surface area (Å²) in [5.74, 6) is 0.484. The lowest BCUT2D eigenvalue weighted by atomic mass is 10.2. The molecule has 1 saturated heterocycles. The number of hydrogen-bond acceptors (Lipinski definition) is 6. The first-order valence-corrected chi connectivity index (χ1v) is 11.9. The molecule has 2 aromatic carbocycles. The van der Waals surface area contributed by atoms with Crippen LogP contribution in [0.1, 0.15) is 12.8 Å². The van der Waals surface area contributed by atoms with Crippen molar-refractivity contribution in [2.45, 2.75) is 24.5 Å². The molecule has 0 bridgehead atoms. The summed E-state index contributed by atoms with van der Waals surface area (Å²) in [5, 5.41) is 12.7. The van der Waals surface area contributed by atoms with Crippen LogP contribution in [0, 0.1) is 0 Å². The molecule has 0 unspecified atom stereocenters. The second-order valence-corrected chi connectivity index (χ2v) is 8.83. The molecule has 0 radical (unpaired) electrons. The summed E-state index contributed by atoms with van der Waals surface area (Å²) in [6, 6.07) is 15.3. The van der Waals surface area contributed by atoms with Gasteiger partial charge in [0.15, 0.2) is 5.16 Å². The van der Waals surface area contributed by atoms with Gasteiger partial charge in [-0.2, -0.15) is 0 Å². The zero-order valence-corrected chi connectivity index (χ0v) is 18.9. The number of thioether (sulfide) groups is 1. The SMILES string of the molecule is C=CCn1c(=O)c2ccccc2n2c(SCC(=O)Nc3ccccc3N3CCCC3)nnc12. The zero-order chi connectivity index (χ0) is 22.8. The molecule has 168 valence electrons. The van der Waals surface area contributed by atoms with Gasteiger partial charge in [-0.05, 0) is 37.1 Å². The van der Waals surface area contributed by atoms with Crippen molar-refractivity contribution >= 4 is 45.7 Å². The van der Waals surface area contributed by atoms with Gasteiger partial charge >= 0.3 is 0 Å². The van der Waals surface area contributed by atoms with Crippen LogP contribution < -0.4 is 15.8 Å². The molecule has 0 aliphatic carbocycles. The molecule has 1 aliphatic heterocycles. The van der Waals surface area contributed by atoms with Gasteiger partial charge in [-0.15, -0.1) is 16.8 Å². The van der Waals surface area contributed by atoms with Crippen molar-refractivity contribution in [3.05, 3.63) is 71.5 Å². The number of hydrogen-bond donors (Lipinski definition) is 1. The van der Waals surface area contributed by atoms with Crippen LogP contribution in [-0.4, -0.2) is 43.9 Å². The van der Waals surface area contributed by atoms with E-state index in [0.717, 1.165) is 24.5 Å². The van der Waals surface area contributed by atoms with E-state index in [-0.39, 0.29) is 17.2 Å². The van der Waals surface area contributed by atoms with E-state index in [1.54, 1.807) is 16.7 Å². The number of carbonyl (C=O) groups is 1. The van der Waals surface area contributed by atoms with E-state index in [4.69, 9.17) is 0 Å². The summed E-state index contributed by atoms with van der Waals surface area (Å²) in [7, 11) is 0. The van der Waals surface area contributed by atoms with E-state index in [0.29, 0.717) is 28.4 Å². The molecule has 9 heteroatoms. The lowest BCUT2D eigenvalue weighted by molar-refractivity contribution is -0.113. The Labute approximate surface area is 194 Å². The van der Waals surface area contributed by atoms with Gasteiger partial charge in [-0.25, -0.2) is 0 Å². The van der Waals surface area contributed by atoms with E-state index in [1.807, 2.05) is 46.9 Å². The molecule has 1 N–H and O–H groups in total. The van der Waals surface area contributed by atoms with Gasteiger partial charge in [-0.3, -0.25) is 18.6 Å². The monoisotopic (exact) mass is 460 g/mol. The highest BCUT2D eigenvalue weighted by Crippen LogP contribution is 2.29. The molecule has 0 spiro atoms. The fourth-order valence-corrected chi connectivity index (χ4v) is 4.99. The molecule has 4 aromatic rings. The largest absolute Gasteiger partial charge is 0.370 e. The summed E-state index contributed by atoms with van der Waals surface area (Å²) in [6.45, 7) is 6.08. The van der Waals surface area contributed by atoms with Crippen molar-refractivity contribution in [2.24, 2.45) is 0 Å². The predicted octanol–water partition coefficient (Wildman–Crippen LogP) is 3.56. The van der Waals surface area contributed by atoms with Gasteiger partial charge in [0.25, 0.3) is 5.56 Å². The molecule has 1 aliphatic rings. The minimum absolute atomic E-state index is 0.118. The summed E-state index contributed by atoms with van der Waals surface area (Å²) in [6.07, 6.45) is 3.99. The van der Waals surface area contributed by atoms with Crippen molar-refractivity contribution in [1.29, 1.82) is 0 Å². The Hall–Kier alpha value is -3.59. The Morgan fingerprint density at radius 3 is 2.67 bits per heavy atom. The number of carbonyl (C=O) groups excluding carboxylic acids is 1. The van der Waals surface area contributed by atoms with Gasteiger partial charge in [-0.1, -0.05) is 42.1 Å². The number of fused-ring (bicyclic) bond motifs is 3. The number of nitrogens with one attached hydrogen (secondary N) is 1. The van der Waals surface area contributed by atoms with Crippen molar-refractivity contribution in [2.75, 3.05) is 29.1 Å². The third-order valence-corrected chi connectivity index (χ3v) is 6.68. The van der Waals surface area contributed by atoms with Gasteiger partial charge in [0.1, 0.15) is 0 Å². The van der Waals surface area contributed by atoms with Gasteiger partial charge in [0, 0.05) is 19.6 Å². The first-order chi connectivity index (χ1) is 16.2. The smallest absolute Gasteiger partial charge is 0.263 e. The molecular weight excluding hydrogens is 436 g/mol. The normalized spacial score (nSPS) is 13.6. The minimum atomic E-state index is -0.141. The second-order valence-electron chi connectivity index (χ2n) is 7.89. The number of anilines is 2. The van der Waals surface area contributed by atoms with Crippen LogP contribution >= 0.6 is 11.8 Å². The Kier molecular flexibility index (Phi) is 5.87. The molecule has 8 nitrogen and oxygen atoms in total. The van der Waals surface area contributed by atoms with Crippen molar-refractivity contribution in [3.63, 3.8) is 0 Å². The highest BCUT2D eigenvalue weighted by atomic mass is 32.2. The van der Waals surface area contributed by atoms with Gasteiger partial charge in [0.05, 0.1) is 28.0 Å². The molecule has 33 heavy (non-hydrogen) atoms. The quantitative estimate of drug-likeness (QED) is 0.335. The molecule has 3 heterocycles. The minimum Gasteiger partial charge on any atom is -0.370 e. The molecule has 0 atom stereocenters. The zero-order valence-electron chi connectivity index (χ0n) is 18.1. The maximum absolute atomic E-state index is 12.9. The van der Waals surface area contributed by atoms with Crippen molar-refractivity contribution in [1.82, 2.24) is 19.2 Å². The lowest BCUT2D eigenvalue weighted by Gasteiger charge is -2.21. The van der Waals surface area contributed by atoms with Crippen LogP contribution in [0.25, 0.3) is 16.7 Å². The highest BCUT2D eigenvalue weighted by Gasteiger charge is 2.19. The summed E-state index contributed by atoms with van der Waals surface area (Å²) in [5.41, 5.74) is 2.45. The first-order valence-electron chi connectivity index (χ1n) is 10.9. The highest BCUT2D eigenvalue weighted by molar-refractivity contribution is 7.99. The molecule has 0 saturated carbocycles. The van der Waals surface area contributed by atoms with Gasteiger partial charge in [0.2, 0.25) is 11.7 Å². The first kappa shape index (κ1) is 21.3. The van der Waals surface area contributed by atoms with E-state index >= 15 is 0 Å². The second kappa shape index (κ2) is 9.11. The van der Waals surface area contributed by atoms with E-state index < -0.39 is 0 Å². The standard InChI is InChI=1S/C24H24N6O2S/c1-2-13-29-22(32)17-9-3-5-11-19(17)30-23(29)26-27-24(30)33-16-21(31)25-18-10-4-6-12-20(18)28-14-7-8-15-28/h2-6,9-12H,1,7-8,13-16H2,(H,25,31). The maximum atomic E-state index is 12.9. The Morgan fingerprint density at radius 2 is 1.85 bits per heavy atom. The molecule has 1 fully saturated rings. The average Bonchev–Trinajstić information content (AvgIpc) is 3.51. The third-order valence-electron chi connectivity index (χ3n) is 5.75. The van der Waals surface area contributed by atoms with Crippen molar-refractivity contribution in [3.8, 4) is 0 Å². The van der Waals surface area contributed by atoms with Crippen LogP contribution in [0.15, 0.2) is 71.1 Å². The number of nitrogens with zero attached hydrogens (tertiary/aromatic N) is 5. The van der Waals surface area contributed by atoms with Crippen LogP contribution in [0.5, 0.6) is 0 Å². The van der Waals surface area contributed by atoms with Crippen molar-refractivity contribution < 1.29 is 4.79 Å². The topological polar surface area (TPSA) is 84.5 Å². The van der Waals surface area contributed by atoms with Gasteiger partial charge < -0.3 is 10.2 Å². The van der Waals surface area contributed by atoms with Crippen LogP contribution in [0.2, 0.25) is 0 Å². The summed E-state index contributed by atoms with van der Waals surface area (Å²) in [4.78, 5) is 28.0. The van der Waals surface area contributed by atoms with Crippen LogP contribution in [0.3, 0.4) is 0 Å². The number of rotatable bonds is 7. The Bertz CT molecular complexity index is 1400. The van der Waals surface area contributed by atoms with E-state index in [2.05, 4.69) is 27.0 Å². The number of aromatic nitrogens is 4. The van der Waals surface area contributed by atoms with Crippen LogP contribution in [-0.2, 0) is 11.3 Å². The molecule has 1 amide bonds. The third kappa shape index (κ3) is 4.00. The number of allylic oxidation sites excluding steroid dienone is 1. The van der Waals surface area contributed by atoms with E-state index in [1.165, 1.54) is 24.6 Å². The van der Waals surface area contributed by atoms with E-state index in [9.17, 15) is 9.59 Å². The summed E-state index contributed by atoms with van der Waals surface area (Å²) >= 11 is 1.29. The number of amides is 1. The molecule has 2 aromatic heterocycles. The Morgan fingerprint density at radius 1 is 1.09 bits per heavy atom. The number of para-hydroxylation sites is 3. The van der Waals surface area contributed by atoms with Crippen LogP contribution in [0.4, 0.5) is 11.4 Å².